The molecular weight excluding hydrogens is 416 g/mol. The highest BCUT2D eigenvalue weighted by Crippen LogP contribution is 2.57. The molecule has 4 aliphatic carbocycles. The smallest absolute Gasteiger partial charge is 0.157 e. The number of nitrogens with one attached hydrogen (secondary N) is 1. The maximum Gasteiger partial charge on any atom is 0.157 e. The van der Waals surface area contributed by atoms with Crippen LogP contribution in [0.4, 0.5) is 5.82 Å². The number of nitriles is 1. The molecule has 4 fully saturated rings. The summed E-state index contributed by atoms with van der Waals surface area (Å²) in [5.41, 5.74) is 7.23. The third-order valence-corrected chi connectivity index (χ3v) is 8.88. The molecule has 4 saturated carbocycles. The number of hydrogen-bond acceptors (Lipinski definition) is 3. The van der Waals surface area contributed by atoms with Crippen LogP contribution in [0.3, 0.4) is 0 Å². The molecule has 4 nitrogen and oxygen atoms in total. The number of benzene rings is 2. The molecule has 4 heteroatoms. The van der Waals surface area contributed by atoms with Crippen LogP contribution in [-0.2, 0) is 6.42 Å². The highest BCUT2D eigenvalue weighted by molar-refractivity contribution is 5.86. The van der Waals surface area contributed by atoms with Crippen LogP contribution in [0.5, 0.6) is 0 Å². The van der Waals surface area contributed by atoms with Crippen molar-refractivity contribution in [2.24, 2.45) is 17.8 Å². The van der Waals surface area contributed by atoms with Gasteiger partial charge in [0.25, 0.3) is 0 Å². The summed E-state index contributed by atoms with van der Waals surface area (Å²) in [5, 5.41) is 14.4. The fourth-order valence-corrected chi connectivity index (χ4v) is 7.85. The minimum Gasteiger partial charge on any atom is -0.365 e. The Balaban J connectivity index is 1.48. The Morgan fingerprint density at radius 2 is 1.62 bits per heavy atom. The Morgan fingerprint density at radius 1 is 0.971 bits per heavy atom. The van der Waals surface area contributed by atoms with E-state index in [1.807, 2.05) is 6.07 Å². The molecule has 0 amide bonds. The quantitative estimate of drug-likeness (QED) is 0.382. The van der Waals surface area contributed by atoms with Crippen molar-refractivity contribution in [1.29, 1.82) is 5.26 Å². The van der Waals surface area contributed by atoms with E-state index in [1.165, 1.54) is 49.7 Å². The van der Waals surface area contributed by atoms with Crippen LogP contribution in [0, 0.1) is 36.0 Å². The SMILES string of the molecule is Cc1c(Cc2ccccc2)c(NC23CC4CC(CC(C4)C2)C3)n2c(nc3ccccc32)c1C#N. The van der Waals surface area contributed by atoms with Gasteiger partial charge >= 0.3 is 0 Å². The van der Waals surface area contributed by atoms with Crippen LogP contribution >= 0.6 is 0 Å². The van der Waals surface area contributed by atoms with E-state index in [0.29, 0.717) is 5.56 Å². The van der Waals surface area contributed by atoms with Crippen LogP contribution in [-0.4, -0.2) is 14.9 Å². The summed E-state index contributed by atoms with van der Waals surface area (Å²) in [6.07, 6.45) is 8.90. The molecule has 2 aromatic carbocycles. The summed E-state index contributed by atoms with van der Waals surface area (Å²) in [6.45, 7) is 2.11. The topological polar surface area (TPSA) is 53.1 Å². The third-order valence-electron chi connectivity index (χ3n) is 8.88. The monoisotopic (exact) mass is 446 g/mol. The van der Waals surface area contributed by atoms with E-state index >= 15 is 0 Å². The molecule has 0 spiro atoms. The first-order valence-corrected chi connectivity index (χ1v) is 12.8. The van der Waals surface area contributed by atoms with Crippen LogP contribution in [0.25, 0.3) is 16.7 Å². The molecule has 2 heterocycles. The third kappa shape index (κ3) is 2.99. The van der Waals surface area contributed by atoms with Crippen molar-refractivity contribution >= 4 is 22.5 Å². The van der Waals surface area contributed by atoms with Gasteiger partial charge in [0.05, 0.1) is 16.6 Å². The standard InChI is InChI=1S/C30H30N4/c1-19-24(14-20-7-3-2-4-8-20)29(33-30-15-21-11-22(16-30)13-23(12-21)17-30)34-27-10-6-5-9-26(27)32-28(34)25(19)18-31/h2-10,21-23,33H,11-17H2,1H3. The second-order valence-corrected chi connectivity index (χ2v) is 11.2. The lowest BCUT2D eigenvalue weighted by molar-refractivity contribution is 0.0105. The van der Waals surface area contributed by atoms with Gasteiger partial charge in [0.1, 0.15) is 11.9 Å². The zero-order chi connectivity index (χ0) is 22.9. The van der Waals surface area contributed by atoms with E-state index in [9.17, 15) is 5.26 Å². The molecule has 1 N–H and O–H groups in total. The summed E-state index contributed by atoms with van der Waals surface area (Å²) in [4.78, 5) is 4.95. The van der Waals surface area contributed by atoms with Crippen molar-refractivity contribution in [3.05, 3.63) is 76.9 Å². The molecule has 4 aliphatic rings. The Bertz CT molecular complexity index is 1420. The predicted octanol–water partition coefficient (Wildman–Crippen LogP) is 6.64. The van der Waals surface area contributed by atoms with E-state index in [0.717, 1.165) is 52.2 Å². The molecule has 34 heavy (non-hydrogen) atoms. The first kappa shape index (κ1) is 20.1. The predicted molar refractivity (Wildman–Crippen MR) is 136 cm³/mol. The number of imidazole rings is 1. The molecule has 8 rings (SSSR count). The molecule has 0 saturated heterocycles. The van der Waals surface area contributed by atoms with Crippen molar-refractivity contribution in [3.63, 3.8) is 0 Å². The lowest BCUT2D eigenvalue weighted by atomic mass is 9.53. The maximum absolute atomic E-state index is 10.2. The summed E-state index contributed by atoms with van der Waals surface area (Å²) in [5.74, 6) is 3.76. The molecular formula is C30H30N4. The average molecular weight is 447 g/mol. The van der Waals surface area contributed by atoms with E-state index in [-0.39, 0.29) is 5.54 Å². The van der Waals surface area contributed by atoms with Crippen LogP contribution in [0.1, 0.15) is 60.8 Å². The fourth-order valence-electron chi connectivity index (χ4n) is 7.85. The van der Waals surface area contributed by atoms with E-state index in [4.69, 9.17) is 4.98 Å². The number of nitrogens with zero attached hydrogens (tertiary/aromatic N) is 3. The van der Waals surface area contributed by atoms with Gasteiger partial charge in [-0.1, -0.05) is 42.5 Å². The van der Waals surface area contributed by atoms with Gasteiger partial charge in [0.2, 0.25) is 0 Å². The number of pyridine rings is 1. The summed E-state index contributed by atoms with van der Waals surface area (Å²) in [7, 11) is 0. The van der Waals surface area contributed by atoms with Gasteiger partial charge in [-0.2, -0.15) is 5.26 Å². The molecule has 0 aliphatic heterocycles. The van der Waals surface area contributed by atoms with E-state index in [1.54, 1.807) is 0 Å². The number of para-hydroxylation sites is 2. The lowest BCUT2D eigenvalue weighted by Crippen LogP contribution is -2.55. The Morgan fingerprint density at radius 3 is 2.29 bits per heavy atom. The molecule has 4 aromatic rings. The molecule has 0 atom stereocenters. The first-order valence-electron chi connectivity index (χ1n) is 12.8. The zero-order valence-corrected chi connectivity index (χ0v) is 19.7. The van der Waals surface area contributed by atoms with Gasteiger partial charge in [0.15, 0.2) is 5.65 Å². The Hall–Kier alpha value is -3.32. The molecule has 0 unspecified atom stereocenters. The highest BCUT2D eigenvalue weighted by Gasteiger charge is 2.51. The van der Waals surface area contributed by atoms with E-state index < -0.39 is 0 Å². The highest BCUT2D eigenvalue weighted by atomic mass is 15.2. The minimum atomic E-state index is 0.166. The number of rotatable bonds is 4. The van der Waals surface area contributed by atoms with Crippen molar-refractivity contribution in [2.45, 2.75) is 57.4 Å². The largest absolute Gasteiger partial charge is 0.365 e. The maximum atomic E-state index is 10.2. The van der Waals surface area contributed by atoms with Gasteiger partial charge in [0, 0.05) is 17.5 Å². The van der Waals surface area contributed by atoms with Crippen molar-refractivity contribution < 1.29 is 0 Å². The summed E-state index contributed by atoms with van der Waals surface area (Å²) in [6, 6.07) is 21.5. The van der Waals surface area contributed by atoms with Crippen LogP contribution in [0.15, 0.2) is 54.6 Å². The number of anilines is 1. The number of hydrogen-bond donors (Lipinski definition) is 1. The fraction of sp³-hybridized carbons (Fsp3) is 0.400. The number of aromatic nitrogens is 2. The molecule has 170 valence electrons. The van der Waals surface area contributed by atoms with Crippen LogP contribution < -0.4 is 5.32 Å². The zero-order valence-electron chi connectivity index (χ0n) is 19.7. The second-order valence-electron chi connectivity index (χ2n) is 11.2. The molecule has 4 bridgehead atoms. The lowest BCUT2D eigenvalue weighted by Gasteiger charge is -2.57. The van der Waals surface area contributed by atoms with Gasteiger partial charge in [-0.05, 0) is 86.5 Å². The average Bonchev–Trinajstić information content (AvgIpc) is 3.20. The summed E-state index contributed by atoms with van der Waals surface area (Å²) >= 11 is 0. The first-order chi connectivity index (χ1) is 16.6. The number of fused-ring (bicyclic) bond motifs is 3. The normalized spacial score (nSPS) is 27.4. The minimum absolute atomic E-state index is 0.166. The second kappa shape index (κ2) is 7.34. The van der Waals surface area contributed by atoms with Crippen molar-refractivity contribution in [3.8, 4) is 6.07 Å². The Labute approximate surface area is 200 Å². The summed E-state index contributed by atoms with van der Waals surface area (Å²) < 4.78 is 2.26. The van der Waals surface area contributed by atoms with Crippen molar-refractivity contribution in [1.82, 2.24) is 9.38 Å². The van der Waals surface area contributed by atoms with Gasteiger partial charge < -0.3 is 5.32 Å². The van der Waals surface area contributed by atoms with Gasteiger partial charge in [-0.15, -0.1) is 0 Å². The Kier molecular flexibility index (Phi) is 4.34. The van der Waals surface area contributed by atoms with E-state index in [2.05, 4.69) is 71.2 Å². The van der Waals surface area contributed by atoms with Gasteiger partial charge in [-0.3, -0.25) is 4.40 Å². The molecule has 0 radical (unpaired) electrons. The van der Waals surface area contributed by atoms with Crippen LogP contribution in [0.2, 0.25) is 0 Å². The van der Waals surface area contributed by atoms with Crippen molar-refractivity contribution in [2.75, 3.05) is 5.32 Å². The van der Waals surface area contributed by atoms with Gasteiger partial charge in [-0.25, -0.2) is 4.98 Å². The molecule has 2 aromatic heterocycles.